The van der Waals surface area contributed by atoms with Gasteiger partial charge >= 0.3 is 0 Å². The first-order chi connectivity index (χ1) is 10.6. The van der Waals surface area contributed by atoms with Gasteiger partial charge in [0.25, 0.3) is 0 Å². The quantitative estimate of drug-likeness (QED) is 0.627. The first kappa shape index (κ1) is 16.8. The van der Waals surface area contributed by atoms with E-state index in [9.17, 15) is 9.90 Å². The van der Waals surface area contributed by atoms with Gasteiger partial charge < -0.3 is 10.4 Å². The lowest BCUT2D eigenvalue weighted by Gasteiger charge is -2.10. The molecule has 116 valence electrons. The minimum Gasteiger partial charge on any atom is -0.386 e. The number of hydrogen-bond donors (Lipinski definition) is 2. The van der Waals surface area contributed by atoms with Gasteiger partial charge in [0.05, 0.1) is 0 Å². The summed E-state index contributed by atoms with van der Waals surface area (Å²) in [4.78, 5) is 13.9. The predicted molar refractivity (Wildman–Crippen MR) is 94.3 cm³/mol. The lowest BCUT2D eigenvalue weighted by Crippen LogP contribution is -2.26. The van der Waals surface area contributed by atoms with Crippen LogP contribution < -0.4 is 5.32 Å². The van der Waals surface area contributed by atoms with Gasteiger partial charge in [-0.3, -0.25) is 4.79 Å². The monoisotopic (exact) mass is 333 g/mol. The van der Waals surface area contributed by atoms with Crippen LogP contribution in [0, 0.1) is 6.92 Å². The number of amides is 1. The average Bonchev–Trinajstić information content (AvgIpc) is 2.97. The van der Waals surface area contributed by atoms with E-state index in [1.807, 2.05) is 48.9 Å². The zero-order chi connectivity index (χ0) is 15.9. The van der Waals surface area contributed by atoms with E-state index in [4.69, 9.17) is 0 Å². The van der Waals surface area contributed by atoms with Crippen molar-refractivity contribution in [1.82, 2.24) is 5.32 Å². The molecular formula is C17H19NO2S2. The van der Waals surface area contributed by atoms with Crippen molar-refractivity contribution >= 4 is 35.1 Å². The summed E-state index contributed by atoms with van der Waals surface area (Å²) in [6.07, 6.45) is 4.63. The van der Waals surface area contributed by atoms with Gasteiger partial charge in [-0.05, 0) is 54.0 Å². The minimum atomic E-state index is -0.654. The van der Waals surface area contributed by atoms with Crippen LogP contribution in [0.1, 0.15) is 22.1 Å². The Morgan fingerprint density at radius 2 is 2.09 bits per heavy atom. The molecule has 0 saturated carbocycles. The molecule has 0 spiro atoms. The number of aryl methyl sites for hydroxylation is 1. The van der Waals surface area contributed by atoms with Gasteiger partial charge in [0.2, 0.25) is 5.91 Å². The van der Waals surface area contributed by atoms with Crippen molar-refractivity contribution in [2.75, 3.05) is 12.8 Å². The number of benzene rings is 1. The highest BCUT2D eigenvalue weighted by atomic mass is 32.2. The van der Waals surface area contributed by atoms with E-state index in [1.54, 1.807) is 17.8 Å². The summed E-state index contributed by atoms with van der Waals surface area (Å²) in [5.74, 6) is -0.206. The van der Waals surface area contributed by atoms with Crippen molar-refractivity contribution in [1.29, 1.82) is 0 Å². The molecule has 1 heterocycles. The van der Waals surface area contributed by atoms with E-state index in [-0.39, 0.29) is 12.5 Å². The van der Waals surface area contributed by atoms with Gasteiger partial charge in [0.15, 0.2) is 0 Å². The maximum atomic E-state index is 11.8. The standard InChI is InChI=1S/C17H19NO2S2/c1-12-9-10-22-17(12)15(19)11-18-16(20)8-5-13-3-6-14(21-2)7-4-13/h3-10,15,19H,11H2,1-2H3,(H,18,20). The normalized spacial score (nSPS) is 12.5. The van der Waals surface area contributed by atoms with Gasteiger partial charge in [-0.25, -0.2) is 0 Å². The second-order valence-electron chi connectivity index (χ2n) is 4.84. The van der Waals surface area contributed by atoms with Crippen LogP contribution >= 0.6 is 23.1 Å². The van der Waals surface area contributed by atoms with Crippen LogP contribution in [0.5, 0.6) is 0 Å². The van der Waals surface area contributed by atoms with Crippen molar-refractivity contribution < 1.29 is 9.90 Å². The number of hydrogen-bond acceptors (Lipinski definition) is 4. The van der Waals surface area contributed by atoms with Crippen LogP contribution in [-0.4, -0.2) is 23.8 Å². The number of carbonyl (C=O) groups is 1. The van der Waals surface area contributed by atoms with Crippen LogP contribution in [0.15, 0.2) is 46.7 Å². The summed E-state index contributed by atoms with van der Waals surface area (Å²) >= 11 is 3.18. The molecule has 0 fully saturated rings. The molecule has 0 radical (unpaired) electrons. The molecule has 0 aliphatic rings. The Kier molecular flexibility index (Phi) is 6.24. The highest BCUT2D eigenvalue weighted by Gasteiger charge is 2.12. The summed E-state index contributed by atoms with van der Waals surface area (Å²) < 4.78 is 0. The van der Waals surface area contributed by atoms with Crippen LogP contribution in [0.3, 0.4) is 0 Å². The third-order valence-electron chi connectivity index (χ3n) is 3.22. The van der Waals surface area contributed by atoms with Gasteiger partial charge in [0, 0.05) is 22.4 Å². The van der Waals surface area contributed by atoms with Crippen LogP contribution in [-0.2, 0) is 4.79 Å². The van der Waals surface area contributed by atoms with Crippen molar-refractivity contribution in [3.05, 3.63) is 57.8 Å². The first-order valence-electron chi connectivity index (χ1n) is 6.92. The molecule has 1 unspecified atom stereocenters. The van der Waals surface area contributed by atoms with Crippen LogP contribution in [0.25, 0.3) is 6.08 Å². The number of rotatable bonds is 6. The lowest BCUT2D eigenvalue weighted by atomic mass is 10.2. The van der Waals surface area contributed by atoms with E-state index < -0.39 is 6.10 Å². The average molecular weight is 333 g/mol. The Labute approximate surface area is 139 Å². The topological polar surface area (TPSA) is 49.3 Å². The Hall–Kier alpha value is -1.56. The third kappa shape index (κ3) is 4.73. The molecule has 1 amide bonds. The molecule has 1 atom stereocenters. The zero-order valence-corrected chi connectivity index (χ0v) is 14.2. The Bertz CT molecular complexity index is 647. The molecule has 1 aromatic carbocycles. The Morgan fingerprint density at radius 3 is 2.68 bits per heavy atom. The molecule has 22 heavy (non-hydrogen) atoms. The van der Waals surface area contributed by atoms with Crippen LogP contribution in [0.2, 0.25) is 0 Å². The van der Waals surface area contributed by atoms with Crippen molar-refractivity contribution in [3.8, 4) is 0 Å². The number of aliphatic hydroxyl groups excluding tert-OH is 1. The summed E-state index contributed by atoms with van der Waals surface area (Å²) in [7, 11) is 0. The van der Waals surface area contributed by atoms with Gasteiger partial charge in [0.1, 0.15) is 6.10 Å². The van der Waals surface area contributed by atoms with Crippen molar-refractivity contribution in [2.24, 2.45) is 0 Å². The van der Waals surface area contributed by atoms with E-state index in [0.29, 0.717) is 0 Å². The highest BCUT2D eigenvalue weighted by molar-refractivity contribution is 7.98. The number of nitrogens with one attached hydrogen (secondary N) is 1. The largest absolute Gasteiger partial charge is 0.386 e. The summed E-state index contributed by atoms with van der Waals surface area (Å²) in [6, 6.07) is 9.94. The van der Waals surface area contributed by atoms with Gasteiger partial charge in [-0.2, -0.15) is 0 Å². The molecule has 2 N–H and O–H groups in total. The number of carbonyl (C=O) groups excluding carboxylic acids is 1. The molecule has 2 aromatic rings. The Morgan fingerprint density at radius 1 is 1.36 bits per heavy atom. The van der Waals surface area contributed by atoms with E-state index in [1.165, 1.54) is 22.3 Å². The molecule has 1 aromatic heterocycles. The van der Waals surface area contributed by atoms with Crippen molar-refractivity contribution in [3.63, 3.8) is 0 Å². The molecule has 2 rings (SSSR count). The fourth-order valence-electron chi connectivity index (χ4n) is 1.96. The van der Waals surface area contributed by atoms with Gasteiger partial charge in [-0.1, -0.05) is 12.1 Å². The number of thioether (sulfide) groups is 1. The molecule has 0 saturated heterocycles. The molecule has 0 aliphatic carbocycles. The highest BCUT2D eigenvalue weighted by Crippen LogP contribution is 2.23. The second-order valence-corrected chi connectivity index (χ2v) is 6.66. The molecule has 5 heteroatoms. The third-order valence-corrected chi connectivity index (χ3v) is 5.08. The van der Waals surface area contributed by atoms with Crippen molar-refractivity contribution in [2.45, 2.75) is 17.9 Å². The zero-order valence-electron chi connectivity index (χ0n) is 12.6. The maximum Gasteiger partial charge on any atom is 0.244 e. The van der Waals surface area contributed by atoms with Crippen LogP contribution in [0.4, 0.5) is 0 Å². The maximum absolute atomic E-state index is 11.8. The first-order valence-corrected chi connectivity index (χ1v) is 9.02. The summed E-state index contributed by atoms with van der Waals surface area (Å²) in [6.45, 7) is 2.17. The predicted octanol–water partition coefficient (Wildman–Crippen LogP) is 3.64. The lowest BCUT2D eigenvalue weighted by molar-refractivity contribution is -0.116. The molecule has 0 aliphatic heterocycles. The molecular weight excluding hydrogens is 314 g/mol. The van der Waals surface area contributed by atoms with E-state index >= 15 is 0 Å². The fraction of sp³-hybridized carbons (Fsp3) is 0.235. The second kappa shape index (κ2) is 8.17. The summed E-state index contributed by atoms with van der Waals surface area (Å²) in [5.41, 5.74) is 2.03. The minimum absolute atomic E-state index is 0.206. The van der Waals surface area contributed by atoms with E-state index in [2.05, 4.69) is 5.32 Å². The fourth-order valence-corrected chi connectivity index (χ4v) is 3.28. The number of thiophene rings is 1. The molecule has 3 nitrogen and oxygen atoms in total. The smallest absolute Gasteiger partial charge is 0.244 e. The Balaban J connectivity index is 1.84. The SMILES string of the molecule is CSc1ccc(C=CC(=O)NCC(O)c2sccc2C)cc1. The summed E-state index contributed by atoms with van der Waals surface area (Å²) in [5, 5.41) is 14.7. The number of aliphatic hydroxyl groups is 1. The van der Waals surface area contributed by atoms with E-state index in [0.717, 1.165) is 16.0 Å². The molecule has 0 bridgehead atoms. The van der Waals surface area contributed by atoms with Gasteiger partial charge in [-0.15, -0.1) is 23.1 Å².